The number of likely N-dealkylation sites (tertiary alicyclic amines) is 1. The summed E-state index contributed by atoms with van der Waals surface area (Å²) in [5, 5.41) is 4.36. The summed E-state index contributed by atoms with van der Waals surface area (Å²) in [5.74, 6) is 0.0122. The van der Waals surface area contributed by atoms with E-state index in [1.54, 1.807) is 54.5 Å². The summed E-state index contributed by atoms with van der Waals surface area (Å²) < 4.78 is 54.1. The molecule has 250 valence electrons. The third-order valence-corrected chi connectivity index (χ3v) is 9.82. The minimum absolute atomic E-state index is 0.0648. The van der Waals surface area contributed by atoms with Gasteiger partial charge in [0.25, 0.3) is 0 Å². The van der Waals surface area contributed by atoms with Crippen LogP contribution in [0.1, 0.15) is 51.7 Å². The first kappa shape index (κ1) is 34.0. The van der Waals surface area contributed by atoms with Gasteiger partial charge in [0, 0.05) is 56.1 Å². The average molecular weight is 665 g/mol. The lowest BCUT2D eigenvalue weighted by atomic mass is 10.0. The number of benzene rings is 2. The number of piperidine rings is 1. The van der Waals surface area contributed by atoms with Crippen LogP contribution in [0.4, 0.5) is 15.1 Å². The average Bonchev–Trinajstić information content (AvgIpc) is 3.03. The molecule has 5 rings (SSSR count). The van der Waals surface area contributed by atoms with Gasteiger partial charge in [0.2, 0.25) is 21.9 Å². The van der Waals surface area contributed by atoms with Gasteiger partial charge in [-0.15, -0.1) is 0 Å². The number of nitrogens with zero attached hydrogens (tertiary/aromatic N) is 5. The highest BCUT2D eigenvalue weighted by molar-refractivity contribution is 7.88. The minimum atomic E-state index is -3.74. The Morgan fingerprint density at radius 2 is 1.87 bits per heavy atom. The monoisotopic (exact) mass is 664 g/mol. The molecule has 4 aromatic rings. The van der Waals surface area contributed by atoms with Gasteiger partial charge >= 0.3 is 6.09 Å². The fraction of sp³-hybridized carbons (Fsp3) is 0.412. The van der Waals surface area contributed by atoms with E-state index in [9.17, 15) is 13.2 Å². The number of aromatic nitrogens is 3. The SMILES string of the molecule is CCN(C)S(=O)(=O)Cc1c(F)ccc2c(Oc3ncccc3-c3ccnc(N[C@H]4CCCN(C(=O)OC(C)(C)C)C4)n3)c(C)ccc12. The maximum atomic E-state index is 15.1. The van der Waals surface area contributed by atoms with Crippen LogP contribution in [0.5, 0.6) is 11.6 Å². The van der Waals surface area contributed by atoms with Gasteiger partial charge in [-0.3, -0.25) is 0 Å². The number of sulfonamides is 1. The Labute approximate surface area is 275 Å². The maximum absolute atomic E-state index is 15.1. The maximum Gasteiger partial charge on any atom is 0.410 e. The van der Waals surface area contributed by atoms with Crippen molar-refractivity contribution in [1.82, 2.24) is 24.2 Å². The van der Waals surface area contributed by atoms with E-state index in [-0.39, 0.29) is 30.1 Å². The van der Waals surface area contributed by atoms with Crippen LogP contribution in [-0.2, 0) is 20.5 Å². The highest BCUT2D eigenvalue weighted by Crippen LogP contribution is 2.38. The molecule has 1 fully saturated rings. The molecular formula is C34H41FN6O5S. The van der Waals surface area contributed by atoms with Gasteiger partial charge in [-0.1, -0.05) is 19.1 Å². The van der Waals surface area contributed by atoms with Crippen molar-refractivity contribution in [3.63, 3.8) is 0 Å². The summed E-state index contributed by atoms with van der Waals surface area (Å²) in [6.07, 6.45) is 4.55. The van der Waals surface area contributed by atoms with Crippen molar-refractivity contribution in [3.05, 3.63) is 71.8 Å². The summed E-state index contributed by atoms with van der Waals surface area (Å²) >= 11 is 0. The zero-order chi connectivity index (χ0) is 33.9. The second-order valence-corrected chi connectivity index (χ2v) is 14.7. The van der Waals surface area contributed by atoms with Crippen molar-refractivity contribution in [3.8, 4) is 22.9 Å². The number of carbonyl (C=O) groups excluding carboxylic acids is 1. The number of aryl methyl sites for hydroxylation is 1. The van der Waals surface area contributed by atoms with E-state index in [4.69, 9.17) is 14.5 Å². The normalized spacial score (nSPS) is 15.6. The largest absolute Gasteiger partial charge is 0.444 e. The van der Waals surface area contributed by atoms with Crippen molar-refractivity contribution in [2.24, 2.45) is 0 Å². The van der Waals surface area contributed by atoms with Gasteiger partial charge < -0.3 is 19.7 Å². The number of hydrogen-bond acceptors (Lipinski definition) is 9. The van der Waals surface area contributed by atoms with Crippen molar-refractivity contribution >= 4 is 32.8 Å². The van der Waals surface area contributed by atoms with Crippen molar-refractivity contribution in [1.29, 1.82) is 0 Å². The molecule has 0 radical (unpaired) electrons. The molecule has 2 aromatic carbocycles. The second kappa shape index (κ2) is 13.8. The minimum Gasteiger partial charge on any atom is -0.444 e. The molecule has 0 saturated carbocycles. The number of nitrogens with one attached hydrogen (secondary N) is 1. The molecule has 0 spiro atoms. The molecule has 2 aromatic heterocycles. The first-order valence-corrected chi connectivity index (χ1v) is 17.2. The van der Waals surface area contributed by atoms with Gasteiger partial charge in [-0.2, -0.15) is 0 Å². The van der Waals surface area contributed by atoms with E-state index in [2.05, 4.69) is 15.3 Å². The number of rotatable bonds is 9. The first-order valence-electron chi connectivity index (χ1n) is 15.6. The third kappa shape index (κ3) is 7.96. The van der Waals surface area contributed by atoms with Crippen LogP contribution in [0, 0.1) is 12.7 Å². The predicted molar refractivity (Wildman–Crippen MR) is 179 cm³/mol. The molecule has 1 aliphatic heterocycles. The van der Waals surface area contributed by atoms with Crippen molar-refractivity contribution < 1.29 is 27.1 Å². The summed E-state index contributed by atoms with van der Waals surface area (Å²) in [6, 6.07) is 11.6. The molecule has 1 atom stereocenters. The van der Waals surface area contributed by atoms with Crippen molar-refractivity contribution in [2.45, 2.75) is 64.9 Å². The van der Waals surface area contributed by atoms with E-state index < -0.39 is 27.2 Å². The Morgan fingerprint density at radius 3 is 2.62 bits per heavy atom. The molecule has 0 unspecified atom stereocenters. The van der Waals surface area contributed by atoms with E-state index in [0.717, 1.165) is 18.4 Å². The van der Waals surface area contributed by atoms with Crippen LogP contribution in [0.3, 0.4) is 0 Å². The fourth-order valence-electron chi connectivity index (χ4n) is 5.41. The van der Waals surface area contributed by atoms with Crippen LogP contribution in [0.15, 0.2) is 54.9 Å². The van der Waals surface area contributed by atoms with Crippen LogP contribution in [-0.4, -0.2) is 77.0 Å². The number of carbonyl (C=O) groups is 1. The molecule has 0 aliphatic carbocycles. The molecule has 13 heteroatoms. The molecular weight excluding hydrogens is 623 g/mol. The van der Waals surface area contributed by atoms with Crippen LogP contribution >= 0.6 is 0 Å². The lowest BCUT2D eigenvalue weighted by Crippen LogP contribution is -2.47. The number of anilines is 1. The number of amides is 1. The lowest BCUT2D eigenvalue weighted by molar-refractivity contribution is 0.0206. The summed E-state index contributed by atoms with van der Waals surface area (Å²) in [4.78, 5) is 28.0. The number of fused-ring (bicyclic) bond motifs is 1. The number of hydrogen-bond donors (Lipinski definition) is 1. The van der Waals surface area contributed by atoms with Crippen molar-refractivity contribution in [2.75, 3.05) is 32.0 Å². The Bertz CT molecular complexity index is 1880. The predicted octanol–water partition coefficient (Wildman–Crippen LogP) is 6.52. The van der Waals surface area contributed by atoms with E-state index in [0.29, 0.717) is 46.8 Å². The van der Waals surface area contributed by atoms with Gasteiger partial charge in [0.05, 0.1) is 17.0 Å². The molecule has 1 aliphatic rings. The zero-order valence-corrected chi connectivity index (χ0v) is 28.4. The standard InChI is InChI=1S/C34H41FN6O5S/c1-7-40(6)47(43,44)21-27-24-13-12-22(2)30(25(24)14-15-28(27)35)45-31-26(11-8-17-36-31)29-16-18-37-32(39-29)38-23-10-9-19-41(20-23)33(42)46-34(3,4)5/h8,11-18,23H,7,9-10,19-21H2,1-6H3,(H,37,38,39)/t23-/m0/s1. The van der Waals surface area contributed by atoms with Gasteiger partial charge in [0.15, 0.2) is 0 Å². The summed E-state index contributed by atoms with van der Waals surface area (Å²) in [5.41, 5.74) is 1.42. The Kier molecular flexibility index (Phi) is 9.97. The van der Waals surface area contributed by atoms with Gasteiger partial charge in [-0.25, -0.2) is 36.9 Å². The van der Waals surface area contributed by atoms with Crippen LogP contribution in [0.2, 0.25) is 0 Å². The molecule has 1 N–H and O–H groups in total. The molecule has 3 heterocycles. The Hall–Kier alpha value is -4.36. The number of halogens is 1. The molecule has 47 heavy (non-hydrogen) atoms. The Balaban J connectivity index is 1.42. The quantitative estimate of drug-likeness (QED) is 0.213. The highest BCUT2D eigenvalue weighted by Gasteiger charge is 2.28. The molecule has 0 bridgehead atoms. The summed E-state index contributed by atoms with van der Waals surface area (Å²) in [7, 11) is -2.26. The Morgan fingerprint density at radius 1 is 1.11 bits per heavy atom. The summed E-state index contributed by atoms with van der Waals surface area (Å²) in [6.45, 7) is 10.5. The first-order chi connectivity index (χ1) is 22.3. The molecule has 1 saturated heterocycles. The van der Waals surface area contributed by atoms with E-state index in [1.807, 2.05) is 33.8 Å². The van der Waals surface area contributed by atoms with Gasteiger partial charge in [-0.05, 0) is 81.8 Å². The number of ether oxygens (including phenoxy) is 2. The van der Waals surface area contributed by atoms with E-state index in [1.165, 1.54) is 17.4 Å². The fourth-order valence-corrected chi connectivity index (χ4v) is 6.68. The third-order valence-electron chi connectivity index (χ3n) is 7.96. The smallest absolute Gasteiger partial charge is 0.410 e. The molecule has 1 amide bonds. The van der Waals surface area contributed by atoms with Crippen LogP contribution in [0.25, 0.3) is 22.0 Å². The number of pyridine rings is 1. The second-order valence-electron chi connectivity index (χ2n) is 12.6. The lowest BCUT2D eigenvalue weighted by Gasteiger charge is -2.34. The topological polar surface area (TPSA) is 127 Å². The highest BCUT2D eigenvalue weighted by atomic mass is 32.2. The van der Waals surface area contributed by atoms with E-state index >= 15 is 4.39 Å². The van der Waals surface area contributed by atoms with Gasteiger partial charge in [0.1, 0.15) is 17.2 Å². The van der Waals surface area contributed by atoms with Crippen LogP contribution < -0.4 is 10.1 Å². The molecule has 11 nitrogen and oxygen atoms in total. The zero-order valence-electron chi connectivity index (χ0n) is 27.6.